The van der Waals surface area contributed by atoms with Crippen molar-refractivity contribution in [3.05, 3.63) is 23.8 Å². The van der Waals surface area contributed by atoms with Gasteiger partial charge in [-0.25, -0.2) is 8.78 Å². The third-order valence-electron chi connectivity index (χ3n) is 5.37. The molecular formula is C21H29F2N3O3. The van der Waals surface area contributed by atoms with Crippen LogP contribution in [0, 0.1) is 11.8 Å². The van der Waals surface area contributed by atoms with Crippen LogP contribution < -0.4 is 15.4 Å². The molecule has 29 heavy (non-hydrogen) atoms. The quantitative estimate of drug-likeness (QED) is 0.681. The molecule has 1 aliphatic carbocycles. The van der Waals surface area contributed by atoms with Crippen molar-refractivity contribution in [3.63, 3.8) is 0 Å². The summed E-state index contributed by atoms with van der Waals surface area (Å²) in [4.78, 5) is 27.7. The summed E-state index contributed by atoms with van der Waals surface area (Å²) in [7, 11) is 1.55. The molecule has 0 spiro atoms. The second-order valence-electron chi connectivity index (χ2n) is 8.61. The van der Waals surface area contributed by atoms with E-state index < -0.39 is 17.9 Å². The molecule has 2 aliphatic rings. The Balaban J connectivity index is 1.81. The van der Waals surface area contributed by atoms with Gasteiger partial charge in [0.15, 0.2) is 0 Å². The van der Waals surface area contributed by atoms with Gasteiger partial charge in [0.1, 0.15) is 11.8 Å². The van der Waals surface area contributed by atoms with Crippen LogP contribution in [-0.2, 0) is 4.79 Å². The number of hydrogen-bond donors (Lipinski definition) is 1. The van der Waals surface area contributed by atoms with Crippen molar-refractivity contribution in [2.45, 2.75) is 45.1 Å². The van der Waals surface area contributed by atoms with Crippen LogP contribution in [0.4, 0.5) is 14.5 Å². The van der Waals surface area contributed by atoms with Crippen molar-refractivity contribution in [1.82, 2.24) is 4.90 Å². The number of anilines is 1. The molecule has 0 bridgehead atoms. The first-order chi connectivity index (χ1) is 13.6. The molecule has 0 unspecified atom stereocenters. The maximum absolute atomic E-state index is 13.3. The first-order valence-electron chi connectivity index (χ1n) is 10.0. The van der Waals surface area contributed by atoms with Gasteiger partial charge in [0.2, 0.25) is 5.91 Å². The minimum absolute atomic E-state index is 0.190. The smallest absolute Gasteiger partial charge is 0.282 e. The number of amides is 2. The third kappa shape index (κ3) is 5.16. The molecule has 0 radical (unpaired) electrons. The van der Waals surface area contributed by atoms with E-state index in [1.54, 1.807) is 30.1 Å². The number of alkyl halides is 2. The predicted octanol–water partition coefficient (Wildman–Crippen LogP) is 2.90. The zero-order valence-electron chi connectivity index (χ0n) is 17.2. The number of hydrogen-bond acceptors (Lipinski definition) is 4. The van der Waals surface area contributed by atoms with Crippen molar-refractivity contribution in [1.29, 1.82) is 0 Å². The second kappa shape index (κ2) is 8.16. The normalized spacial score (nSPS) is 18.9. The number of benzene rings is 1. The zero-order chi connectivity index (χ0) is 21.3. The van der Waals surface area contributed by atoms with Crippen LogP contribution in [0.15, 0.2) is 18.2 Å². The first kappa shape index (κ1) is 21.3. The minimum Gasteiger partial charge on any atom is -0.491 e. The molecule has 2 N–H and O–H groups in total. The van der Waals surface area contributed by atoms with Gasteiger partial charge in [-0.05, 0) is 49.3 Å². The second-order valence-corrected chi connectivity index (χ2v) is 8.61. The van der Waals surface area contributed by atoms with E-state index in [1.165, 1.54) is 4.90 Å². The number of nitrogens with two attached hydrogens (primary N) is 1. The summed E-state index contributed by atoms with van der Waals surface area (Å²) in [5, 5.41) is 0. The lowest BCUT2D eigenvalue weighted by molar-refractivity contribution is -0.122. The van der Waals surface area contributed by atoms with E-state index in [2.05, 4.69) is 0 Å². The molecule has 0 aromatic heterocycles. The summed E-state index contributed by atoms with van der Waals surface area (Å²) in [6.07, 6.45) is 2.64. The van der Waals surface area contributed by atoms with Crippen LogP contribution in [-0.4, -0.2) is 55.4 Å². The number of ether oxygens (including phenoxy) is 1. The Labute approximate surface area is 170 Å². The van der Waals surface area contributed by atoms with Gasteiger partial charge in [-0.3, -0.25) is 9.59 Å². The molecule has 2 fully saturated rings. The highest BCUT2D eigenvalue weighted by Gasteiger charge is 2.45. The van der Waals surface area contributed by atoms with Crippen LogP contribution in [0.1, 0.15) is 43.5 Å². The standard InChI is InChI=1S/C21H29F2N3O3/c1-13(2)8-17(19(24)27)25(3)20(28)15-6-7-16(26-11-21(22,23)12-26)18(9-15)29-10-14-4-5-14/h6-7,9,13-14,17H,4-5,8,10-12H2,1-3H3,(H2,24,27)/t17-/m0/s1. The van der Waals surface area contributed by atoms with E-state index in [0.29, 0.717) is 35.9 Å². The van der Waals surface area contributed by atoms with Crippen molar-refractivity contribution >= 4 is 17.5 Å². The Kier molecular flexibility index (Phi) is 6.00. The summed E-state index contributed by atoms with van der Waals surface area (Å²) >= 11 is 0. The molecule has 1 saturated heterocycles. The summed E-state index contributed by atoms with van der Waals surface area (Å²) < 4.78 is 32.5. The summed E-state index contributed by atoms with van der Waals surface area (Å²) in [5.41, 5.74) is 6.40. The predicted molar refractivity (Wildman–Crippen MR) is 106 cm³/mol. The molecular weight excluding hydrogens is 380 g/mol. The van der Waals surface area contributed by atoms with Crippen molar-refractivity contribution in [2.24, 2.45) is 17.6 Å². The Bertz CT molecular complexity index is 772. The third-order valence-corrected chi connectivity index (χ3v) is 5.37. The highest BCUT2D eigenvalue weighted by atomic mass is 19.3. The topological polar surface area (TPSA) is 75.9 Å². The lowest BCUT2D eigenvalue weighted by Gasteiger charge is -2.41. The van der Waals surface area contributed by atoms with E-state index >= 15 is 0 Å². The van der Waals surface area contributed by atoms with Crippen LogP contribution in [0.5, 0.6) is 5.75 Å². The van der Waals surface area contributed by atoms with Gasteiger partial charge < -0.3 is 20.3 Å². The fourth-order valence-electron chi connectivity index (χ4n) is 3.46. The monoisotopic (exact) mass is 409 g/mol. The molecule has 1 aromatic rings. The molecule has 1 saturated carbocycles. The van der Waals surface area contributed by atoms with Gasteiger partial charge in [0, 0.05) is 12.6 Å². The highest BCUT2D eigenvalue weighted by Crippen LogP contribution is 2.39. The molecule has 8 heteroatoms. The molecule has 6 nitrogen and oxygen atoms in total. The molecule has 3 rings (SSSR count). The highest BCUT2D eigenvalue weighted by molar-refractivity contribution is 5.98. The van der Waals surface area contributed by atoms with E-state index in [9.17, 15) is 18.4 Å². The number of nitrogens with zero attached hydrogens (tertiary/aromatic N) is 2. The SMILES string of the molecule is CC(C)C[C@@H](C(N)=O)N(C)C(=O)c1ccc(N2CC(F)(F)C2)c(OCC2CC2)c1. The number of carbonyl (C=O) groups is 2. The summed E-state index contributed by atoms with van der Waals surface area (Å²) in [6.45, 7) is 3.68. The van der Waals surface area contributed by atoms with Crippen LogP contribution in [0.3, 0.4) is 0 Å². The molecule has 1 aromatic carbocycles. The van der Waals surface area contributed by atoms with Crippen LogP contribution in [0.2, 0.25) is 0 Å². The van der Waals surface area contributed by atoms with E-state index in [-0.39, 0.29) is 24.9 Å². The molecule has 2 amide bonds. The Hall–Kier alpha value is -2.38. The van der Waals surface area contributed by atoms with Crippen LogP contribution >= 0.6 is 0 Å². The molecule has 1 aliphatic heterocycles. The average Bonchev–Trinajstić information content (AvgIpc) is 3.45. The Morgan fingerprint density at radius 1 is 1.31 bits per heavy atom. The zero-order valence-corrected chi connectivity index (χ0v) is 17.2. The number of carbonyl (C=O) groups excluding carboxylic acids is 2. The number of rotatable bonds is 9. The van der Waals surface area contributed by atoms with E-state index in [1.807, 2.05) is 13.8 Å². The number of likely N-dealkylation sites (N-methyl/N-ethyl adjacent to an activating group) is 1. The summed E-state index contributed by atoms with van der Waals surface area (Å²) in [6, 6.07) is 4.09. The van der Waals surface area contributed by atoms with Gasteiger partial charge >= 0.3 is 0 Å². The van der Waals surface area contributed by atoms with E-state index in [4.69, 9.17) is 10.5 Å². The summed E-state index contributed by atoms with van der Waals surface area (Å²) in [5.74, 6) is -2.52. The van der Waals surface area contributed by atoms with Gasteiger partial charge in [0.05, 0.1) is 25.4 Å². The maximum atomic E-state index is 13.3. The van der Waals surface area contributed by atoms with Gasteiger partial charge in [0.25, 0.3) is 11.8 Å². The van der Waals surface area contributed by atoms with Gasteiger partial charge in [-0.2, -0.15) is 0 Å². The Morgan fingerprint density at radius 3 is 2.48 bits per heavy atom. The van der Waals surface area contributed by atoms with E-state index in [0.717, 1.165) is 12.8 Å². The van der Waals surface area contributed by atoms with Crippen molar-refractivity contribution in [2.75, 3.05) is 31.6 Å². The first-order valence-corrected chi connectivity index (χ1v) is 10.0. The molecule has 1 heterocycles. The molecule has 1 atom stereocenters. The van der Waals surface area contributed by atoms with Crippen molar-refractivity contribution in [3.8, 4) is 5.75 Å². The van der Waals surface area contributed by atoms with Crippen molar-refractivity contribution < 1.29 is 23.1 Å². The fourth-order valence-corrected chi connectivity index (χ4v) is 3.46. The number of primary amides is 1. The number of halogens is 2. The minimum atomic E-state index is -2.70. The average molecular weight is 409 g/mol. The lowest BCUT2D eigenvalue weighted by atomic mass is 10.0. The lowest BCUT2D eigenvalue weighted by Crippen LogP contribution is -2.56. The largest absolute Gasteiger partial charge is 0.491 e. The maximum Gasteiger partial charge on any atom is 0.282 e. The fraction of sp³-hybridized carbons (Fsp3) is 0.619. The van der Waals surface area contributed by atoms with Gasteiger partial charge in [-0.1, -0.05) is 13.8 Å². The van der Waals surface area contributed by atoms with Crippen LogP contribution in [0.25, 0.3) is 0 Å². The molecule has 160 valence electrons. The Morgan fingerprint density at radius 2 is 1.97 bits per heavy atom. The van der Waals surface area contributed by atoms with Gasteiger partial charge in [-0.15, -0.1) is 0 Å².